The predicted octanol–water partition coefficient (Wildman–Crippen LogP) is 1.73. The summed E-state index contributed by atoms with van der Waals surface area (Å²) in [5.41, 5.74) is 0.916. The Kier molecular flexibility index (Phi) is 4.49. The van der Waals surface area contributed by atoms with Crippen molar-refractivity contribution >= 4 is 22.8 Å². The molecule has 1 aromatic carbocycles. The van der Waals surface area contributed by atoms with Crippen molar-refractivity contribution in [1.82, 2.24) is 9.88 Å². The molecule has 0 aliphatic carbocycles. The van der Waals surface area contributed by atoms with Gasteiger partial charge in [0.15, 0.2) is 5.58 Å². The lowest BCUT2D eigenvalue weighted by atomic mass is 10.3. The molecule has 0 saturated carbocycles. The number of nitro groups is 1. The Morgan fingerprint density at radius 3 is 2.95 bits per heavy atom. The van der Waals surface area contributed by atoms with Gasteiger partial charge in [-0.25, -0.2) is 4.98 Å². The SMILES string of the molecule is COC(=O)CCN(C)Cc1nc2cc([N+](=O)[O-])ccc2o1. The standard InChI is InChI=1S/C13H15N3O5/c1-15(6-5-13(17)20-2)8-12-14-10-7-9(16(18)19)3-4-11(10)21-12/h3-4,7H,5-6,8H2,1-2H3. The van der Waals surface area contributed by atoms with Crippen LogP contribution in [0, 0.1) is 10.1 Å². The van der Waals surface area contributed by atoms with E-state index in [4.69, 9.17) is 4.42 Å². The van der Waals surface area contributed by atoms with Crippen LogP contribution in [0.1, 0.15) is 12.3 Å². The Hall–Kier alpha value is -2.48. The first-order valence-electron chi connectivity index (χ1n) is 6.29. The molecule has 0 saturated heterocycles. The van der Waals surface area contributed by atoms with Gasteiger partial charge in [0.25, 0.3) is 5.69 Å². The fourth-order valence-electron chi connectivity index (χ4n) is 1.84. The first-order chi connectivity index (χ1) is 9.99. The zero-order valence-electron chi connectivity index (χ0n) is 11.7. The molecule has 8 heteroatoms. The minimum Gasteiger partial charge on any atom is -0.469 e. The molecule has 112 valence electrons. The number of nitrogens with zero attached hydrogens (tertiary/aromatic N) is 3. The van der Waals surface area contributed by atoms with Gasteiger partial charge in [-0.3, -0.25) is 19.8 Å². The highest BCUT2D eigenvalue weighted by Crippen LogP contribution is 2.21. The lowest BCUT2D eigenvalue weighted by Gasteiger charge is -2.12. The Morgan fingerprint density at radius 1 is 1.52 bits per heavy atom. The molecule has 1 aromatic heterocycles. The van der Waals surface area contributed by atoms with E-state index in [2.05, 4.69) is 9.72 Å². The summed E-state index contributed by atoms with van der Waals surface area (Å²) < 4.78 is 10.1. The third-order valence-electron chi connectivity index (χ3n) is 2.96. The van der Waals surface area contributed by atoms with Crippen LogP contribution in [0.5, 0.6) is 0 Å². The number of rotatable bonds is 6. The summed E-state index contributed by atoms with van der Waals surface area (Å²) >= 11 is 0. The molecule has 0 aliphatic rings. The van der Waals surface area contributed by atoms with Crippen LogP contribution in [-0.2, 0) is 16.1 Å². The van der Waals surface area contributed by atoms with Crippen LogP contribution in [0.15, 0.2) is 22.6 Å². The molecule has 1 heterocycles. The summed E-state index contributed by atoms with van der Waals surface area (Å²) in [6.45, 7) is 0.908. The van der Waals surface area contributed by atoms with E-state index in [1.54, 1.807) is 0 Å². The fourth-order valence-corrected chi connectivity index (χ4v) is 1.84. The van der Waals surface area contributed by atoms with Gasteiger partial charge in [0, 0.05) is 18.7 Å². The number of methoxy groups -OCH3 is 1. The molecule has 0 unspecified atom stereocenters. The van der Waals surface area contributed by atoms with E-state index in [1.807, 2.05) is 11.9 Å². The molecular weight excluding hydrogens is 278 g/mol. The average Bonchev–Trinajstić information content (AvgIpc) is 2.85. The molecule has 21 heavy (non-hydrogen) atoms. The maximum Gasteiger partial charge on any atom is 0.306 e. The average molecular weight is 293 g/mol. The first kappa shape index (κ1) is 14.9. The summed E-state index contributed by atoms with van der Waals surface area (Å²) in [6.07, 6.45) is 0.276. The number of carbonyl (C=O) groups excluding carboxylic acids is 1. The first-order valence-corrected chi connectivity index (χ1v) is 6.29. The maximum absolute atomic E-state index is 11.1. The van der Waals surface area contributed by atoms with Gasteiger partial charge in [-0.1, -0.05) is 0 Å². The van der Waals surface area contributed by atoms with Gasteiger partial charge in [0.2, 0.25) is 5.89 Å². The van der Waals surface area contributed by atoms with Gasteiger partial charge in [0.05, 0.1) is 25.0 Å². The monoisotopic (exact) mass is 293 g/mol. The van der Waals surface area contributed by atoms with Gasteiger partial charge in [-0.2, -0.15) is 0 Å². The minimum absolute atomic E-state index is 0.0265. The molecule has 0 spiro atoms. The molecule has 0 atom stereocenters. The molecule has 0 fully saturated rings. The van der Waals surface area contributed by atoms with Crippen LogP contribution >= 0.6 is 0 Å². The highest BCUT2D eigenvalue weighted by molar-refractivity contribution is 5.75. The van der Waals surface area contributed by atoms with Crippen molar-refractivity contribution in [3.8, 4) is 0 Å². The van der Waals surface area contributed by atoms with E-state index in [9.17, 15) is 14.9 Å². The normalized spacial score (nSPS) is 11.0. The number of non-ortho nitro benzene ring substituents is 1. The van der Waals surface area contributed by atoms with Crippen molar-refractivity contribution in [2.75, 3.05) is 20.7 Å². The Balaban J connectivity index is 2.05. The number of nitro benzene ring substituents is 1. The molecule has 0 N–H and O–H groups in total. The van der Waals surface area contributed by atoms with Crippen LogP contribution in [-0.4, -0.2) is 41.5 Å². The van der Waals surface area contributed by atoms with E-state index in [-0.39, 0.29) is 18.1 Å². The van der Waals surface area contributed by atoms with E-state index in [0.29, 0.717) is 30.1 Å². The second-order valence-electron chi connectivity index (χ2n) is 4.58. The van der Waals surface area contributed by atoms with Gasteiger partial charge < -0.3 is 9.15 Å². The van der Waals surface area contributed by atoms with Crippen molar-refractivity contribution in [3.05, 3.63) is 34.2 Å². The highest BCUT2D eigenvalue weighted by Gasteiger charge is 2.13. The van der Waals surface area contributed by atoms with Crippen molar-refractivity contribution in [2.24, 2.45) is 0 Å². The van der Waals surface area contributed by atoms with Crippen LogP contribution in [0.4, 0.5) is 5.69 Å². The van der Waals surface area contributed by atoms with E-state index in [0.717, 1.165) is 0 Å². The lowest BCUT2D eigenvalue weighted by Crippen LogP contribution is -2.22. The number of aromatic nitrogens is 1. The molecule has 0 radical (unpaired) electrons. The maximum atomic E-state index is 11.1. The largest absolute Gasteiger partial charge is 0.469 e. The molecule has 0 bridgehead atoms. The Labute approximate surface area is 120 Å². The smallest absolute Gasteiger partial charge is 0.306 e. The molecule has 2 aromatic rings. The summed E-state index contributed by atoms with van der Waals surface area (Å²) in [7, 11) is 3.16. The van der Waals surface area contributed by atoms with Crippen LogP contribution in [0.2, 0.25) is 0 Å². The van der Waals surface area contributed by atoms with Crippen molar-refractivity contribution < 1.29 is 18.9 Å². The fraction of sp³-hybridized carbons (Fsp3) is 0.385. The van der Waals surface area contributed by atoms with Gasteiger partial charge in [-0.15, -0.1) is 0 Å². The van der Waals surface area contributed by atoms with E-state index < -0.39 is 4.92 Å². The van der Waals surface area contributed by atoms with Crippen LogP contribution in [0.3, 0.4) is 0 Å². The number of hydrogen-bond donors (Lipinski definition) is 0. The van der Waals surface area contributed by atoms with Crippen LogP contribution < -0.4 is 0 Å². The zero-order valence-corrected chi connectivity index (χ0v) is 11.7. The third-order valence-corrected chi connectivity index (χ3v) is 2.96. The third kappa shape index (κ3) is 3.76. The number of carbonyl (C=O) groups is 1. The summed E-state index contributed by atoms with van der Waals surface area (Å²) in [5, 5.41) is 10.7. The summed E-state index contributed by atoms with van der Waals surface area (Å²) in [6, 6.07) is 4.27. The number of hydrogen-bond acceptors (Lipinski definition) is 7. The minimum atomic E-state index is -0.476. The van der Waals surface area contributed by atoms with Crippen molar-refractivity contribution in [2.45, 2.75) is 13.0 Å². The number of benzene rings is 1. The summed E-state index contributed by atoms with van der Waals surface area (Å²) in [4.78, 5) is 27.4. The molecular formula is C13H15N3O5. The molecule has 0 amide bonds. The number of oxazole rings is 1. The topological polar surface area (TPSA) is 98.7 Å². The Bertz CT molecular complexity index is 667. The van der Waals surface area contributed by atoms with Gasteiger partial charge in [0.1, 0.15) is 5.52 Å². The van der Waals surface area contributed by atoms with E-state index >= 15 is 0 Å². The van der Waals surface area contributed by atoms with Gasteiger partial charge >= 0.3 is 5.97 Å². The molecule has 0 aliphatic heterocycles. The zero-order chi connectivity index (χ0) is 15.4. The predicted molar refractivity (Wildman–Crippen MR) is 73.6 cm³/mol. The second-order valence-corrected chi connectivity index (χ2v) is 4.58. The Morgan fingerprint density at radius 2 is 2.29 bits per heavy atom. The van der Waals surface area contributed by atoms with E-state index in [1.165, 1.54) is 25.3 Å². The van der Waals surface area contributed by atoms with Crippen LogP contribution in [0.25, 0.3) is 11.1 Å². The van der Waals surface area contributed by atoms with Crippen molar-refractivity contribution in [1.29, 1.82) is 0 Å². The second kappa shape index (κ2) is 6.31. The van der Waals surface area contributed by atoms with Gasteiger partial charge in [-0.05, 0) is 13.1 Å². The molecule has 8 nitrogen and oxygen atoms in total. The highest BCUT2D eigenvalue weighted by atomic mass is 16.6. The lowest BCUT2D eigenvalue weighted by molar-refractivity contribution is -0.384. The molecule has 2 rings (SSSR count). The number of fused-ring (bicyclic) bond motifs is 1. The number of esters is 1. The summed E-state index contributed by atoms with van der Waals surface area (Å²) in [5.74, 6) is 0.160. The number of ether oxygens (including phenoxy) is 1. The quantitative estimate of drug-likeness (QED) is 0.454. The van der Waals surface area contributed by atoms with Crippen molar-refractivity contribution in [3.63, 3.8) is 0 Å².